The topological polar surface area (TPSA) is 58.6 Å². The third-order valence-corrected chi connectivity index (χ3v) is 4.31. The number of hydrogen-bond donors (Lipinski definition) is 1. The highest BCUT2D eigenvalue weighted by Crippen LogP contribution is 2.33. The summed E-state index contributed by atoms with van der Waals surface area (Å²) < 4.78 is 5.61. The van der Waals surface area contributed by atoms with Crippen LogP contribution >= 0.6 is 0 Å². The Morgan fingerprint density at radius 1 is 1.16 bits per heavy atom. The van der Waals surface area contributed by atoms with Crippen molar-refractivity contribution >= 4 is 17.5 Å². The molecule has 0 spiro atoms. The van der Waals surface area contributed by atoms with E-state index in [4.69, 9.17) is 4.74 Å². The van der Waals surface area contributed by atoms with Crippen molar-refractivity contribution in [2.24, 2.45) is 0 Å². The zero-order valence-electron chi connectivity index (χ0n) is 14.4. The third-order valence-electron chi connectivity index (χ3n) is 4.31. The minimum absolute atomic E-state index is 0.0692. The Kier molecular flexibility index (Phi) is 5.03. The SMILES string of the molecule is CC1Oc2ccccc2N(CCC(=O)NC(C)c2ccccc2)C1=O. The van der Waals surface area contributed by atoms with Gasteiger partial charge in [0.25, 0.3) is 5.91 Å². The second-order valence-corrected chi connectivity index (χ2v) is 6.17. The van der Waals surface area contributed by atoms with E-state index in [1.54, 1.807) is 11.8 Å². The number of ether oxygens (including phenoxy) is 1. The fourth-order valence-electron chi connectivity index (χ4n) is 2.94. The zero-order valence-corrected chi connectivity index (χ0v) is 14.4. The third kappa shape index (κ3) is 3.82. The van der Waals surface area contributed by atoms with Crippen molar-refractivity contribution < 1.29 is 14.3 Å². The van der Waals surface area contributed by atoms with Gasteiger partial charge < -0.3 is 15.0 Å². The highest BCUT2D eigenvalue weighted by Gasteiger charge is 2.31. The molecule has 1 aliphatic heterocycles. The van der Waals surface area contributed by atoms with Crippen LogP contribution in [0.4, 0.5) is 5.69 Å². The standard InChI is InChI=1S/C20H22N2O3/c1-14(16-8-4-3-5-9-16)21-19(23)12-13-22-17-10-6-7-11-18(17)25-15(2)20(22)24/h3-11,14-15H,12-13H2,1-2H3,(H,21,23). The van der Waals surface area contributed by atoms with Crippen molar-refractivity contribution in [2.75, 3.05) is 11.4 Å². The number of hydrogen-bond acceptors (Lipinski definition) is 3. The van der Waals surface area contributed by atoms with Crippen molar-refractivity contribution in [3.8, 4) is 5.75 Å². The lowest BCUT2D eigenvalue weighted by molar-refractivity contribution is -0.125. The van der Waals surface area contributed by atoms with E-state index >= 15 is 0 Å². The molecule has 0 saturated carbocycles. The molecular formula is C20H22N2O3. The first-order chi connectivity index (χ1) is 12.1. The van der Waals surface area contributed by atoms with Crippen molar-refractivity contribution in [1.29, 1.82) is 0 Å². The monoisotopic (exact) mass is 338 g/mol. The van der Waals surface area contributed by atoms with Gasteiger partial charge in [-0.15, -0.1) is 0 Å². The minimum atomic E-state index is -0.541. The lowest BCUT2D eigenvalue weighted by Gasteiger charge is -2.32. The van der Waals surface area contributed by atoms with Gasteiger partial charge in [-0.1, -0.05) is 42.5 Å². The zero-order chi connectivity index (χ0) is 17.8. The molecule has 0 saturated heterocycles. The number of fused-ring (bicyclic) bond motifs is 1. The number of nitrogens with one attached hydrogen (secondary N) is 1. The molecular weight excluding hydrogens is 316 g/mol. The number of benzene rings is 2. The van der Waals surface area contributed by atoms with Crippen molar-refractivity contribution in [3.63, 3.8) is 0 Å². The van der Waals surface area contributed by atoms with E-state index in [-0.39, 0.29) is 24.3 Å². The smallest absolute Gasteiger partial charge is 0.267 e. The first-order valence-electron chi connectivity index (χ1n) is 8.47. The molecule has 0 fully saturated rings. The second-order valence-electron chi connectivity index (χ2n) is 6.17. The number of carbonyl (C=O) groups excluding carboxylic acids is 2. The molecule has 0 aromatic heterocycles. The molecule has 3 rings (SSSR count). The van der Waals surface area contributed by atoms with Crippen LogP contribution in [0.25, 0.3) is 0 Å². The molecule has 5 heteroatoms. The second kappa shape index (κ2) is 7.38. The van der Waals surface area contributed by atoms with Gasteiger partial charge in [0.15, 0.2) is 6.10 Å². The van der Waals surface area contributed by atoms with Crippen LogP contribution in [0, 0.1) is 0 Å². The molecule has 2 amide bonds. The maximum atomic E-state index is 12.4. The van der Waals surface area contributed by atoms with Gasteiger partial charge in [-0.05, 0) is 31.5 Å². The molecule has 2 aromatic rings. The van der Waals surface area contributed by atoms with Crippen molar-refractivity contribution in [2.45, 2.75) is 32.4 Å². The maximum Gasteiger partial charge on any atom is 0.267 e. The van der Waals surface area contributed by atoms with Crippen LogP contribution in [-0.2, 0) is 9.59 Å². The summed E-state index contributed by atoms with van der Waals surface area (Å²) in [6, 6.07) is 17.1. The molecule has 2 unspecified atom stereocenters. The summed E-state index contributed by atoms with van der Waals surface area (Å²) in [6.45, 7) is 4.00. The summed E-state index contributed by atoms with van der Waals surface area (Å²) in [7, 11) is 0. The molecule has 0 bridgehead atoms. The molecule has 25 heavy (non-hydrogen) atoms. The predicted octanol–water partition coefficient (Wildman–Crippen LogP) is 3.07. The fraction of sp³-hybridized carbons (Fsp3) is 0.300. The number of amides is 2. The lowest BCUT2D eigenvalue weighted by atomic mass is 10.1. The molecule has 1 aliphatic rings. The molecule has 130 valence electrons. The van der Waals surface area contributed by atoms with Crippen molar-refractivity contribution in [1.82, 2.24) is 5.32 Å². The first kappa shape index (κ1) is 17.0. The van der Waals surface area contributed by atoms with Crippen LogP contribution in [-0.4, -0.2) is 24.5 Å². The van der Waals surface area contributed by atoms with Crippen LogP contribution < -0.4 is 15.0 Å². The molecule has 0 radical (unpaired) electrons. The molecule has 1 heterocycles. The van der Waals surface area contributed by atoms with E-state index in [2.05, 4.69) is 5.32 Å². The number of carbonyl (C=O) groups is 2. The van der Waals surface area contributed by atoms with E-state index < -0.39 is 6.10 Å². The molecule has 5 nitrogen and oxygen atoms in total. The Morgan fingerprint density at radius 2 is 1.84 bits per heavy atom. The minimum Gasteiger partial charge on any atom is -0.479 e. The van der Waals surface area contributed by atoms with Crippen LogP contribution in [0.3, 0.4) is 0 Å². The highest BCUT2D eigenvalue weighted by molar-refractivity contribution is 6.00. The lowest BCUT2D eigenvalue weighted by Crippen LogP contribution is -2.45. The first-order valence-corrected chi connectivity index (χ1v) is 8.47. The van der Waals surface area contributed by atoms with Gasteiger partial charge in [-0.2, -0.15) is 0 Å². The predicted molar refractivity (Wildman–Crippen MR) is 96.5 cm³/mol. The van der Waals surface area contributed by atoms with Gasteiger partial charge >= 0.3 is 0 Å². The van der Waals surface area contributed by atoms with Gasteiger partial charge in [0.1, 0.15) is 5.75 Å². The summed E-state index contributed by atoms with van der Waals surface area (Å²) in [5.74, 6) is 0.469. The summed E-state index contributed by atoms with van der Waals surface area (Å²) in [5, 5.41) is 2.98. The molecule has 1 N–H and O–H groups in total. The Balaban J connectivity index is 1.63. The van der Waals surface area contributed by atoms with Gasteiger partial charge in [-0.25, -0.2) is 0 Å². The Bertz CT molecular complexity index is 761. The van der Waals surface area contributed by atoms with E-state index in [0.29, 0.717) is 12.3 Å². The van der Waals surface area contributed by atoms with Crippen molar-refractivity contribution in [3.05, 3.63) is 60.2 Å². The number of rotatable bonds is 5. The van der Waals surface area contributed by atoms with E-state index in [1.807, 2.05) is 61.5 Å². The number of anilines is 1. The summed E-state index contributed by atoms with van der Waals surface area (Å²) in [6.07, 6.45) is -0.301. The normalized spacial score (nSPS) is 17.4. The largest absolute Gasteiger partial charge is 0.479 e. The van der Waals surface area contributed by atoms with Crippen LogP contribution in [0.2, 0.25) is 0 Å². The van der Waals surface area contributed by atoms with E-state index in [9.17, 15) is 9.59 Å². The highest BCUT2D eigenvalue weighted by atomic mass is 16.5. The van der Waals surface area contributed by atoms with Gasteiger partial charge in [0, 0.05) is 13.0 Å². The summed E-state index contributed by atoms with van der Waals surface area (Å²) in [4.78, 5) is 26.3. The Morgan fingerprint density at radius 3 is 2.60 bits per heavy atom. The molecule has 2 atom stereocenters. The maximum absolute atomic E-state index is 12.4. The summed E-state index contributed by atoms with van der Waals surface area (Å²) >= 11 is 0. The van der Waals surface area contributed by atoms with Gasteiger partial charge in [0.05, 0.1) is 11.7 Å². The van der Waals surface area contributed by atoms with Gasteiger partial charge in [0.2, 0.25) is 5.91 Å². The van der Waals surface area contributed by atoms with Gasteiger partial charge in [-0.3, -0.25) is 9.59 Å². The Hall–Kier alpha value is -2.82. The average molecular weight is 338 g/mol. The van der Waals surface area contributed by atoms with E-state index in [1.165, 1.54) is 0 Å². The van der Waals surface area contributed by atoms with Crippen LogP contribution in [0.1, 0.15) is 31.9 Å². The van der Waals surface area contributed by atoms with Crippen LogP contribution in [0.5, 0.6) is 5.75 Å². The number of para-hydroxylation sites is 2. The Labute approximate surface area is 147 Å². The van der Waals surface area contributed by atoms with E-state index in [0.717, 1.165) is 11.3 Å². The molecule has 2 aromatic carbocycles. The fourth-order valence-corrected chi connectivity index (χ4v) is 2.94. The quantitative estimate of drug-likeness (QED) is 0.911. The summed E-state index contributed by atoms with van der Waals surface area (Å²) in [5.41, 5.74) is 1.77. The van der Waals surface area contributed by atoms with Crippen LogP contribution in [0.15, 0.2) is 54.6 Å². The molecule has 0 aliphatic carbocycles. The number of nitrogens with zero attached hydrogens (tertiary/aromatic N) is 1. The average Bonchev–Trinajstić information content (AvgIpc) is 2.63.